The van der Waals surface area contributed by atoms with Crippen LogP contribution in [-0.2, 0) is 4.79 Å². The Hall–Kier alpha value is -0.0500. The minimum Gasteiger partial charge on any atom is -0.351 e. The predicted molar refractivity (Wildman–Crippen MR) is 51.2 cm³/mol. The predicted octanol–water partition coefficient (Wildman–Crippen LogP) is 1.68. The molecule has 3 heteroatoms. The summed E-state index contributed by atoms with van der Waals surface area (Å²) in [6, 6.07) is 0.315. The van der Waals surface area contributed by atoms with Gasteiger partial charge in [0, 0.05) is 16.3 Å². The average Bonchev–Trinajstić information content (AvgIpc) is 2.18. The van der Waals surface area contributed by atoms with E-state index in [2.05, 4.69) is 42.0 Å². The summed E-state index contributed by atoms with van der Waals surface area (Å²) < 4.78 is 0. The van der Waals surface area contributed by atoms with Crippen molar-refractivity contribution in [1.82, 2.24) is 5.32 Å². The Labute approximate surface area is 81.2 Å². The van der Waals surface area contributed by atoms with Crippen molar-refractivity contribution in [1.29, 1.82) is 0 Å². The summed E-state index contributed by atoms with van der Waals surface area (Å²) in [5, 5.41) is 3.05. The number of piperidine rings is 1. The van der Waals surface area contributed by atoms with Crippen LogP contribution in [0.5, 0.6) is 0 Å². The zero-order chi connectivity index (χ0) is 9.15. The molecule has 1 saturated heterocycles. The third-order valence-electron chi connectivity index (χ3n) is 3.95. The second-order valence-corrected chi connectivity index (χ2v) is 5.90. The van der Waals surface area contributed by atoms with E-state index in [9.17, 15) is 4.79 Å². The lowest BCUT2D eigenvalue weighted by atomic mass is 9.70. The monoisotopic (exact) mass is 231 g/mol. The van der Waals surface area contributed by atoms with E-state index in [-0.39, 0.29) is 16.7 Å². The summed E-state index contributed by atoms with van der Waals surface area (Å²) in [5.41, 5.74) is -0.0654. The van der Waals surface area contributed by atoms with Crippen LogP contribution in [0.3, 0.4) is 0 Å². The molecule has 0 radical (unpaired) electrons. The normalized spacial score (nSPS) is 49.5. The molecule has 2 bridgehead atoms. The summed E-state index contributed by atoms with van der Waals surface area (Å²) in [4.78, 5) is 12.0. The zero-order valence-corrected chi connectivity index (χ0v) is 9.23. The molecule has 12 heavy (non-hydrogen) atoms. The van der Waals surface area contributed by atoms with Gasteiger partial charge >= 0.3 is 0 Å². The Morgan fingerprint density at radius 1 is 1.50 bits per heavy atom. The maximum atomic E-state index is 11.6. The molecule has 2 rings (SSSR count). The SMILES string of the molecule is CC1(C)[C@@H]2NC(=O)[C@]1(C)C[C@@H]2Br. The van der Waals surface area contributed by atoms with Crippen molar-refractivity contribution in [3.8, 4) is 0 Å². The van der Waals surface area contributed by atoms with Crippen LogP contribution < -0.4 is 5.32 Å². The Morgan fingerprint density at radius 2 is 2.08 bits per heavy atom. The van der Waals surface area contributed by atoms with Gasteiger partial charge in [0.1, 0.15) is 0 Å². The van der Waals surface area contributed by atoms with Crippen molar-refractivity contribution in [2.45, 2.75) is 38.1 Å². The molecule has 68 valence electrons. The number of halogens is 1. The van der Waals surface area contributed by atoms with Crippen molar-refractivity contribution in [2.75, 3.05) is 0 Å². The van der Waals surface area contributed by atoms with Crippen LogP contribution in [0.2, 0.25) is 0 Å². The summed E-state index contributed by atoms with van der Waals surface area (Å²) in [6.07, 6.45) is 0.969. The molecule has 0 aromatic rings. The topological polar surface area (TPSA) is 29.1 Å². The first kappa shape index (κ1) is 8.54. The van der Waals surface area contributed by atoms with Crippen LogP contribution in [0.25, 0.3) is 0 Å². The third-order valence-corrected chi connectivity index (χ3v) is 4.80. The number of nitrogens with one attached hydrogen (secondary N) is 1. The smallest absolute Gasteiger partial charge is 0.226 e. The molecular formula is C9H14BrNO. The van der Waals surface area contributed by atoms with Crippen LogP contribution >= 0.6 is 15.9 Å². The van der Waals surface area contributed by atoms with E-state index in [0.717, 1.165) is 6.42 Å². The number of rotatable bonds is 0. The van der Waals surface area contributed by atoms with Gasteiger partial charge in [-0.1, -0.05) is 36.7 Å². The molecular weight excluding hydrogens is 218 g/mol. The number of carbonyl (C=O) groups is 1. The summed E-state index contributed by atoms with van der Waals surface area (Å²) in [6.45, 7) is 6.43. The first-order valence-corrected chi connectivity index (χ1v) is 5.26. The fourth-order valence-corrected chi connectivity index (χ4v) is 3.96. The van der Waals surface area contributed by atoms with E-state index in [0.29, 0.717) is 10.9 Å². The number of fused-ring (bicyclic) bond motifs is 2. The second-order valence-electron chi connectivity index (χ2n) is 4.73. The van der Waals surface area contributed by atoms with Gasteiger partial charge in [0.25, 0.3) is 0 Å². The molecule has 0 unspecified atom stereocenters. The first-order chi connectivity index (χ1) is 5.39. The molecule has 1 saturated carbocycles. The molecule has 2 fully saturated rings. The lowest BCUT2D eigenvalue weighted by molar-refractivity contribution is -0.130. The van der Waals surface area contributed by atoms with Gasteiger partial charge in [0.2, 0.25) is 5.91 Å². The minimum absolute atomic E-state index is 0.0955. The standard InChI is InChI=1S/C9H14BrNO/c1-8(2)6-5(10)4-9(8,3)7(12)11-6/h5-6H,4H2,1-3H3,(H,11,12)/t5-,6+,9-/m0/s1. The van der Waals surface area contributed by atoms with Crippen LogP contribution in [0, 0.1) is 10.8 Å². The molecule has 3 atom stereocenters. The lowest BCUT2D eigenvalue weighted by Crippen LogP contribution is -2.40. The maximum absolute atomic E-state index is 11.6. The van der Waals surface area contributed by atoms with Gasteiger partial charge in [-0.2, -0.15) is 0 Å². The largest absolute Gasteiger partial charge is 0.351 e. The van der Waals surface area contributed by atoms with E-state index in [1.165, 1.54) is 0 Å². The molecule has 0 spiro atoms. The number of carbonyl (C=O) groups excluding carboxylic acids is 1. The van der Waals surface area contributed by atoms with E-state index in [1.807, 2.05) is 0 Å². The fourth-order valence-electron chi connectivity index (χ4n) is 2.52. The highest BCUT2D eigenvalue weighted by atomic mass is 79.9. The van der Waals surface area contributed by atoms with Gasteiger partial charge in [0.05, 0.1) is 5.41 Å². The van der Waals surface area contributed by atoms with E-state index < -0.39 is 0 Å². The Balaban J connectivity index is 2.47. The highest BCUT2D eigenvalue weighted by molar-refractivity contribution is 9.09. The zero-order valence-electron chi connectivity index (χ0n) is 7.65. The molecule has 1 N–H and O–H groups in total. The van der Waals surface area contributed by atoms with Gasteiger partial charge < -0.3 is 5.32 Å². The highest BCUT2D eigenvalue weighted by Crippen LogP contribution is 2.58. The van der Waals surface area contributed by atoms with Crippen molar-refractivity contribution < 1.29 is 4.79 Å². The second kappa shape index (κ2) is 2.06. The molecule has 1 amide bonds. The van der Waals surface area contributed by atoms with Gasteiger partial charge in [0.15, 0.2) is 0 Å². The summed E-state index contributed by atoms with van der Waals surface area (Å²) in [7, 11) is 0. The van der Waals surface area contributed by atoms with Crippen LogP contribution in [0.1, 0.15) is 27.2 Å². The maximum Gasteiger partial charge on any atom is 0.226 e. The van der Waals surface area contributed by atoms with Crippen molar-refractivity contribution >= 4 is 21.8 Å². The molecule has 0 aromatic heterocycles. The Kier molecular flexibility index (Phi) is 1.47. The number of hydrogen-bond acceptors (Lipinski definition) is 1. The lowest BCUT2D eigenvalue weighted by Gasteiger charge is -2.29. The molecule has 2 aliphatic rings. The summed E-state index contributed by atoms with van der Waals surface area (Å²) >= 11 is 3.62. The Bertz CT molecular complexity index is 251. The molecule has 0 aromatic carbocycles. The van der Waals surface area contributed by atoms with Crippen molar-refractivity contribution in [3.63, 3.8) is 0 Å². The van der Waals surface area contributed by atoms with E-state index >= 15 is 0 Å². The van der Waals surface area contributed by atoms with Crippen LogP contribution in [-0.4, -0.2) is 16.8 Å². The highest BCUT2D eigenvalue weighted by Gasteiger charge is 2.65. The molecule has 1 aliphatic heterocycles. The van der Waals surface area contributed by atoms with Gasteiger partial charge in [-0.15, -0.1) is 0 Å². The Morgan fingerprint density at radius 3 is 2.33 bits per heavy atom. The molecule has 2 nitrogen and oxygen atoms in total. The van der Waals surface area contributed by atoms with Gasteiger partial charge in [-0.25, -0.2) is 0 Å². The summed E-state index contributed by atoms with van der Waals surface area (Å²) in [5.74, 6) is 0.230. The van der Waals surface area contributed by atoms with Gasteiger partial charge in [-0.05, 0) is 6.42 Å². The molecule has 1 heterocycles. The van der Waals surface area contributed by atoms with Crippen LogP contribution in [0.15, 0.2) is 0 Å². The van der Waals surface area contributed by atoms with E-state index in [1.54, 1.807) is 0 Å². The van der Waals surface area contributed by atoms with Crippen molar-refractivity contribution in [2.24, 2.45) is 10.8 Å². The van der Waals surface area contributed by atoms with Gasteiger partial charge in [-0.3, -0.25) is 4.79 Å². The average molecular weight is 232 g/mol. The molecule has 1 aliphatic carbocycles. The fraction of sp³-hybridized carbons (Fsp3) is 0.889. The third kappa shape index (κ3) is 0.691. The minimum atomic E-state index is -0.161. The number of hydrogen-bond donors (Lipinski definition) is 1. The van der Waals surface area contributed by atoms with Crippen molar-refractivity contribution in [3.05, 3.63) is 0 Å². The van der Waals surface area contributed by atoms with Crippen LogP contribution in [0.4, 0.5) is 0 Å². The number of alkyl halides is 1. The number of amides is 1. The quantitative estimate of drug-likeness (QED) is 0.632. The van der Waals surface area contributed by atoms with E-state index in [4.69, 9.17) is 0 Å². The first-order valence-electron chi connectivity index (χ1n) is 4.34.